The SMILES string of the molecule is CN(C)S(=O)(=O)c1ccc(=O)n(CC(=O)Nc2c(Cl)cccc2Cl)c1. The summed E-state index contributed by atoms with van der Waals surface area (Å²) in [5.41, 5.74) is -0.293. The Morgan fingerprint density at radius 3 is 2.32 bits per heavy atom. The third-order valence-corrected chi connectivity index (χ3v) is 5.70. The van der Waals surface area contributed by atoms with Gasteiger partial charge in [0.05, 0.1) is 20.6 Å². The highest BCUT2D eigenvalue weighted by Crippen LogP contribution is 2.29. The zero-order valence-electron chi connectivity index (χ0n) is 13.4. The lowest BCUT2D eigenvalue weighted by molar-refractivity contribution is -0.116. The van der Waals surface area contributed by atoms with Crippen LogP contribution in [0.1, 0.15) is 0 Å². The van der Waals surface area contributed by atoms with E-state index in [1.54, 1.807) is 18.2 Å². The fraction of sp³-hybridized carbons (Fsp3) is 0.200. The third kappa shape index (κ3) is 4.40. The molecule has 0 spiro atoms. The van der Waals surface area contributed by atoms with Gasteiger partial charge < -0.3 is 9.88 Å². The van der Waals surface area contributed by atoms with Gasteiger partial charge >= 0.3 is 0 Å². The zero-order valence-corrected chi connectivity index (χ0v) is 15.7. The minimum absolute atomic E-state index is 0.0966. The number of sulfonamides is 1. The number of hydrogen-bond donors (Lipinski definition) is 1. The molecule has 134 valence electrons. The highest BCUT2D eigenvalue weighted by atomic mass is 35.5. The first-order valence-corrected chi connectivity index (χ1v) is 9.19. The fourth-order valence-electron chi connectivity index (χ4n) is 1.95. The van der Waals surface area contributed by atoms with E-state index in [1.165, 1.54) is 20.2 Å². The van der Waals surface area contributed by atoms with Crippen molar-refractivity contribution in [3.05, 3.63) is 56.9 Å². The number of rotatable bonds is 5. The van der Waals surface area contributed by atoms with Crippen LogP contribution in [0, 0.1) is 0 Å². The summed E-state index contributed by atoms with van der Waals surface area (Å²) < 4.78 is 26.3. The quantitative estimate of drug-likeness (QED) is 0.826. The summed E-state index contributed by atoms with van der Waals surface area (Å²) in [7, 11) is -0.981. The van der Waals surface area contributed by atoms with Crippen molar-refractivity contribution in [1.29, 1.82) is 0 Å². The van der Waals surface area contributed by atoms with Crippen molar-refractivity contribution in [2.24, 2.45) is 0 Å². The fourth-order valence-corrected chi connectivity index (χ4v) is 3.36. The van der Waals surface area contributed by atoms with E-state index in [0.717, 1.165) is 21.1 Å². The summed E-state index contributed by atoms with van der Waals surface area (Å²) in [6.07, 6.45) is 1.12. The maximum Gasteiger partial charge on any atom is 0.251 e. The minimum Gasteiger partial charge on any atom is -0.322 e. The molecule has 1 N–H and O–H groups in total. The topological polar surface area (TPSA) is 88.5 Å². The van der Waals surface area contributed by atoms with Gasteiger partial charge in [0.2, 0.25) is 15.9 Å². The Bertz CT molecular complexity index is 951. The first-order chi connectivity index (χ1) is 11.6. The number of pyridine rings is 1. The van der Waals surface area contributed by atoms with Gasteiger partial charge in [-0.05, 0) is 18.2 Å². The summed E-state index contributed by atoms with van der Waals surface area (Å²) in [4.78, 5) is 24.0. The molecular formula is C15H15Cl2N3O4S. The monoisotopic (exact) mass is 403 g/mol. The van der Waals surface area contributed by atoms with Crippen LogP contribution in [-0.4, -0.2) is 37.3 Å². The number of para-hydroxylation sites is 1. The molecule has 7 nitrogen and oxygen atoms in total. The Morgan fingerprint density at radius 1 is 1.16 bits per heavy atom. The number of hydrogen-bond acceptors (Lipinski definition) is 4. The van der Waals surface area contributed by atoms with Crippen LogP contribution in [0.25, 0.3) is 0 Å². The average molecular weight is 404 g/mol. The van der Waals surface area contributed by atoms with Gasteiger partial charge in [0.1, 0.15) is 6.54 Å². The molecule has 10 heteroatoms. The van der Waals surface area contributed by atoms with E-state index >= 15 is 0 Å². The lowest BCUT2D eigenvalue weighted by Gasteiger charge is -2.13. The summed E-state index contributed by atoms with van der Waals surface area (Å²) in [5, 5.41) is 3.01. The van der Waals surface area contributed by atoms with E-state index < -0.39 is 28.0 Å². The summed E-state index contributed by atoms with van der Waals surface area (Å²) >= 11 is 12.0. The second-order valence-corrected chi connectivity index (χ2v) is 8.23. The van der Waals surface area contributed by atoms with Gasteiger partial charge in [0.25, 0.3) is 5.56 Å². The van der Waals surface area contributed by atoms with E-state index in [0.29, 0.717) is 0 Å². The van der Waals surface area contributed by atoms with Crippen LogP contribution in [0.15, 0.2) is 46.2 Å². The number of benzene rings is 1. The van der Waals surface area contributed by atoms with E-state index in [9.17, 15) is 18.0 Å². The molecule has 1 aromatic heterocycles. The first-order valence-electron chi connectivity index (χ1n) is 7.00. The maximum atomic E-state index is 12.2. The van der Waals surface area contributed by atoms with Crippen molar-refractivity contribution in [3.8, 4) is 0 Å². The lowest BCUT2D eigenvalue weighted by atomic mass is 10.3. The Balaban J connectivity index is 2.28. The second kappa shape index (κ2) is 7.57. The number of carbonyl (C=O) groups is 1. The van der Waals surface area contributed by atoms with Gasteiger partial charge in [-0.1, -0.05) is 29.3 Å². The van der Waals surface area contributed by atoms with Gasteiger partial charge in [-0.15, -0.1) is 0 Å². The van der Waals surface area contributed by atoms with Crippen molar-refractivity contribution in [2.45, 2.75) is 11.4 Å². The Hall–Kier alpha value is -1.87. The molecule has 0 aliphatic heterocycles. The van der Waals surface area contributed by atoms with Crippen LogP contribution >= 0.6 is 23.2 Å². The summed E-state index contributed by atoms with van der Waals surface area (Å²) in [6, 6.07) is 7.02. The normalized spacial score (nSPS) is 11.6. The van der Waals surface area contributed by atoms with E-state index in [1.807, 2.05) is 0 Å². The predicted octanol–water partition coefficient (Wildman–Crippen LogP) is 2.04. The van der Waals surface area contributed by atoms with Gasteiger partial charge in [-0.3, -0.25) is 9.59 Å². The van der Waals surface area contributed by atoms with E-state index in [-0.39, 0.29) is 20.6 Å². The summed E-state index contributed by atoms with van der Waals surface area (Å²) in [6.45, 7) is -0.392. The Labute approximate surface area is 154 Å². The maximum absolute atomic E-state index is 12.2. The number of nitrogens with one attached hydrogen (secondary N) is 1. The van der Waals surface area contributed by atoms with Crippen molar-refractivity contribution >= 4 is 44.8 Å². The molecule has 1 aromatic carbocycles. The Kier molecular flexibility index (Phi) is 5.89. The second-order valence-electron chi connectivity index (χ2n) is 5.26. The third-order valence-electron chi connectivity index (χ3n) is 3.28. The molecule has 25 heavy (non-hydrogen) atoms. The molecule has 0 aliphatic rings. The van der Waals surface area contributed by atoms with Gasteiger partial charge in [0, 0.05) is 26.4 Å². The smallest absolute Gasteiger partial charge is 0.251 e. The largest absolute Gasteiger partial charge is 0.322 e. The molecule has 0 aliphatic carbocycles. The average Bonchev–Trinajstić information content (AvgIpc) is 2.53. The molecular weight excluding hydrogens is 389 g/mol. The molecule has 2 rings (SSSR count). The number of halogens is 2. The minimum atomic E-state index is -3.72. The van der Waals surface area contributed by atoms with Crippen LogP contribution in [0.5, 0.6) is 0 Å². The van der Waals surface area contributed by atoms with Crippen molar-refractivity contribution < 1.29 is 13.2 Å². The molecule has 0 unspecified atom stereocenters. The molecule has 2 aromatic rings. The first kappa shape index (κ1) is 19.5. The van der Waals surface area contributed by atoms with Crippen molar-refractivity contribution in [2.75, 3.05) is 19.4 Å². The van der Waals surface area contributed by atoms with Crippen LogP contribution < -0.4 is 10.9 Å². The molecule has 0 saturated carbocycles. The molecule has 1 heterocycles. The van der Waals surface area contributed by atoms with Crippen LogP contribution in [0.3, 0.4) is 0 Å². The zero-order chi connectivity index (χ0) is 18.8. The number of amides is 1. The predicted molar refractivity (Wildman–Crippen MR) is 96.7 cm³/mol. The molecule has 0 fully saturated rings. The van der Waals surface area contributed by atoms with Crippen LogP contribution in [0.2, 0.25) is 10.0 Å². The lowest BCUT2D eigenvalue weighted by Crippen LogP contribution is -2.29. The van der Waals surface area contributed by atoms with E-state index in [4.69, 9.17) is 23.2 Å². The van der Waals surface area contributed by atoms with Gasteiger partial charge in [0.15, 0.2) is 0 Å². The number of aromatic nitrogens is 1. The standard InChI is InChI=1S/C15H15Cl2N3O4S/c1-19(2)25(23,24)10-6-7-14(22)20(8-10)9-13(21)18-15-11(16)4-3-5-12(15)17/h3-8H,9H2,1-2H3,(H,18,21). The molecule has 0 atom stereocenters. The van der Waals surface area contributed by atoms with Gasteiger partial charge in [-0.25, -0.2) is 12.7 Å². The highest BCUT2D eigenvalue weighted by Gasteiger charge is 2.19. The van der Waals surface area contributed by atoms with E-state index in [2.05, 4.69) is 5.32 Å². The highest BCUT2D eigenvalue weighted by molar-refractivity contribution is 7.89. The van der Waals surface area contributed by atoms with Crippen LogP contribution in [-0.2, 0) is 21.4 Å². The van der Waals surface area contributed by atoms with Gasteiger partial charge in [-0.2, -0.15) is 0 Å². The molecule has 1 amide bonds. The van der Waals surface area contributed by atoms with Crippen molar-refractivity contribution in [3.63, 3.8) is 0 Å². The molecule has 0 saturated heterocycles. The number of anilines is 1. The van der Waals surface area contributed by atoms with Crippen molar-refractivity contribution in [1.82, 2.24) is 8.87 Å². The summed E-state index contributed by atoms with van der Waals surface area (Å²) in [5.74, 6) is -0.573. The number of nitrogens with zero attached hydrogens (tertiary/aromatic N) is 2. The van der Waals surface area contributed by atoms with Crippen LogP contribution in [0.4, 0.5) is 5.69 Å². The number of carbonyl (C=O) groups excluding carboxylic acids is 1. The molecule has 0 radical (unpaired) electrons. The Morgan fingerprint density at radius 2 is 1.76 bits per heavy atom. The molecule has 0 bridgehead atoms.